The molecule has 3 rings (SSSR count). The van der Waals surface area contributed by atoms with Crippen molar-refractivity contribution in [3.8, 4) is 5.75 Å². The molecule has 0 atom stereocenters. The number of nitro groups is 3. The number of non-ortho nitro benzene ring substituents is 1. The van der Waals surface area contributed by atoms with Crippen LogP contribution in [0.5, 0.6) is 5.75 Å². The standard InChI is InChI=1S/C8H6Se.C6H3N3O7/c1-2-4-8-7(3-1)5-6-9-8;10-6-4(8(13)14)1-3(7(11)12)2-5(6)9(15)16/h1-6H;1-2,10H. The van der Waals surface area contributed by atoms with Gasteiger partial charge in [0, 0.05) is 0 Å². The first-order chi connectivity index (χ1) is 11.8. The van der Waals surface area contributed by atoms with Crippen LogP contribution in [0.15, 0.2) is 47.4 Å². The molecule has 128 valence electrons. The first-order valence-corrected chi connectivity index (χ1v) is 8.38. The molecule has 0 aliphatic carbocycles. The number of benzene rings is 2. The van der Waals surface area contributed by atoms with Gasteiger partial charge >= 0.3 is 70.8 Å². The summed E-state index contributed by atoms with van der Waals surface area (Å²) in [6, 6.07) is 11.7. The molecule has 3 aromatic rings. The normalized spacial score (nSPS) is 9.92. The zero-order chi connectivity index (χ0) is 18.6. The third-order valence-corrected chi connectivity index (χ3v) is 4.90. The average molecular weight is 410 g/mol. The fraction of sp³-hybridized carbons (Fsp3) is 0. The summed E-state index contributed by atoms with van der Waals surface area (Å²) in [5.41, 5.74) is -3.00. The molecule has 0 spiro atoms. The molecule has 0 aliphatic rings. The third-order valence-electron chi connectivity index (χ3n) is 3.02. The Bertz CT molecular complexity index is 905. The molecular weight excluding hydrogens is 401 g/mol. The van der Waals surface area contributed by atoms with Gasteiger partial charge in [-0.25, -0.2) is 0 Å². The Labute approximate surface area is 145 Å². The molecule has 0 unspecified atom stereocenters. The van der Waals surface area contributed by atoms with Crippen molar-refractivity contribution < 1.29 is 19.9 Å². The SMILES string of the molecule is O=[N+]([O-])c1cc([N+](=O)[O-])c(O)c([N+](=O)[O-])c1.c1ccc2[se]ccc2c1. The number of fused-ring (bicyclic) bond motifs is 1. The van der Waals surface area contributed by atoms with Crippen LogP contribution in [-0.2, 0) is 0 Å². The van der Waals surface area contributed by atoms with Crippen LogP contribution < -0.4 is 0 Å². The van der Waals surface area contributed by atoms with E-state index in [-0.39, 0.29) is 0 Å². The average Bonchev–Trinajstić information content (AvgIpc) is 3.03. The number of hydrogen-bond acceptors (Lipinski definition) is 7. The topological polar surface area (TPSA) is 150 Å². The van der Waals surface area contributed by atoms with Crippen molar-refractivity contribution in [1.82, 2.24) is 0 Å². The van der Waals surface area contributed by atoms with E-state index >= 15 is 0 Å². The van der Waals surface area contributed by atoms with E-state index in [2.05, 4.69) is 35.3 Å². The zero-order valence-corrected chi connectivity index (χ0v) is 14.0. The molecule has 11 heteroatoms. The number of nitrogens with zero attached hydrogens (tertiary/aromatic N) is 3. The Morgan fingerprint density at radius 1 is 0.840 bits per heavy atom. The van der Waals surface area contributed by atoms with Gasteiger partial charge in [0.25, 0.3) is 11.4 Å². The number of aromatic hydroxyl groups is 1. The molecule has 1 aromatic heterocycles. The Morgan fingerprint density at radius 3 is 1.88 bits per heavy atom. The van der Waals surface area contributed by atoms with Gasteiger partial charge < -0.3 is 5.11 Å². The molecular formula is C14H9N3O7Se. The van der Waals surface area contributed by atoms with Gasteiger partial charge in [0.2, 0.25) is 0 Å². The summed E-state index contributed by atoms with van der Waals surface area (Å²) in [7, 11) is 0. The summed E-state index contributed by atoms with van der Waals surface area (Å²) in [6.45, 7) is 0. The van der Waals surface area contributed by atoms with Crippen molar-refractivity contribution in [2.45, 2.75) is 0 Å². The predicted molar refractivity (Wildman–Crippen MR) is 89.0 cm³/mol. The molecule has 0 amide bonds. The van der Waals surface area contributed by atoms with Gasteiger partial charge in [-0.2, -0.15) is 0 Å². The fourth-order valence-electron chi connectivity index (χ4n) is 1.88. The maximum atomic E-state index is 10.4. The van der Waals surface area contributed by atoms with Crippen LogP contribution in [0.1, 0.15) is 0 Å². The van der Waals surface area contributed by atoms with Crippen LogP contribution in [0.3, 0.4) is 0 Å². The molecule has 0 radical (unpaired) electrons. The van der Waals surface area contributed by atoms with Crippen LogP contribution in [0.4, 0.5) is 17.1 Å². The molecule has 1 heterocycles. The molecule has 0 bridgehead atoms. The third kappa shape index (κ3) is 4.16. The summed E-state index contributed by atoms with van der Waals surface area (Å²) >= 11 is 0.622. The second-order valence-electron chi connectivity index (χ2n) is 4.56. The number of hydrogen-bond donors (Lipinski definition) is 1. The predicted octanol–water partition coefficient (Wildman–Crippen LogP) is 3.01. The van der Waals surface area contributed by atoms with E-state index in [4.69, 9.17) is 5.11 Å². The number of rotatable bonds is 3. The summed E-state index contributed by atoms with van der Waals surface area (Å²) in [4.78, 5) is 30.0. The van der Waals surface area contributed by atoms with Gasteiger partial charge in [-0.05, 0) is 0 Å². The molecule has 10 nitrogen and oxygen atoms in total. The molecule has 0 saturated carbocycles. The first kappa shape index (κ1) is 18.0. The Hall–Kier alpha value is -3.30. The molecule has 0 aliphatic heterocycles. The van der Waals surface area contributed by atoms with Gasteiger partial charge in [0.05, 0.1) is 26.9 Å². The van der Waals surface area contributed by atoms with Crippen LogP contribution in [0.2, 0.25) is 0 Å². The van der Waals surface area contributed by atoms with E-state index in [1.54, 1.807) is 0 Å². The van der Waals surface area contributed by atoms with Crippen LogP contribution in [-0.4, -0.2) is 34.4 Å². The van der Waals surface area contributed by atoms with Crippen LogP contribution >= 0.6 is 0 Å². The van der Waals surface area contributed by atoms with E-state index in [1.807, 2.05) is 0 Å². The van der Waals surface area contributed by atoms with Crippen molar-refractivity contribution >= 4 is 41.2 Å². The van der Waals surface area contributed by atoms with E-state index in [9.17, 15) is 30.3 Å². The minimum absolute atomic E-state index is 0.447. The Balaban J connectivity index is 0.000000208. The van der Waals surface area contributed by atoms with Crippen molar-refractivity contribution in [3.63, 3.8) is 0 Å². The molecule has 0 fully saturated rings. The van der Waals surface area contributed by atoms with Gasteiger partial charge in [-0.3, -0.25) is 30.3 Å². The van der Waals surface area contributed by atoms with Gasteiger partial charge in [-0.15, -0.1) is 0 Å². The number of phenolic OH excluding ortho intramolecular Hbond substituents is 1. The van der Waals surface area contributed by atoms with Gasteiger partial charge in [-0.1, -0.05) is 0 Å². The maximum absolute atomic E-state index is 10.4. The van der Waals surface area contributed by atoms with E-state index in [0.717, 1.165) is 0 Å². The summed E-state index contributed by atoms with van der Waals surface area (Å²) in [6.07, 6.45) is 0. The number of phenols is 1. The molecule has 25 heavy (non-hydrogen) atoms. The van der Waals surface area contributed by atoms with Gasteiger partial charge in [0.15, 0.2) is 0 Å². The van der Waals surface area contributed by atoms with Gasteiger partial charge in [0.1, 0.15) is 0 Å². The summed E-state index contributed by atoms with van der Waals surface area (Å²) in [5, 5.41) is 41.6. The quantitative estimate of drug-likeness (QED) is 0.396. The summed E-state index contributed by atoms with van der Waals surface area (Å²) < 4.78 is 1.52. The van der Waals surface area contributed by atoms with Crippen LogP contribution in [0, 0.1) is 30.3 Å². The Kier molecular flexibility index (Phi) is 5.42. The summed E-state index contributed by atoms with van der Waals surface area (Å²) in [5.74, 6) is -1.21. The van der Waals surface area contributed by atoms with E-state index < -0.39 is 37.6 Å². The van der Waals surface area contributed by atoms with E-state index in [1.165, 1.54) is 9.65 Å². The van der Waals surface area contributed by atoms with E-state index in [0.29, 0.717) is 26.6 Å². The second-order valence-corrected chi connectivity index (χ2v) is 6.55. The number of nitro benzene ring substituents is 3. The minimum atomic E-state index is -1.21. The first-order valence-electron chi connectivity index (χ1n) is 6.53. The van der Waals surface area contributed by atoms with Crippen molar-refractivity contribution in [2.75, 3.05) is 0 Å². The zero-order valence-electron chi connectivity index (χ0n) is 12.3. The van der Waals surface area contributed by atoms with Crippen LogP contribution in [0.25, 0.3) is 9.65 Å². The second kappa shape index (κ2) is 7.51. The van der Waals surface area contributed by atoms with Crippen molar-refractivity contribution in [1.29, 1.82) is 0 Å². The van der Waals surface area contributed by atoms with Crippen molar-refractivity contribution in [3.05, 3.63) is 77.7 Å². The molecule has 2 aromatic carbocycles. The van der Waals surface area contributed by atoms with Crippen molar-refractivity contribution in [2.24, 2.45) is 0 Å². The fourth-order valence-corrected chi connectivity index (χ4v) is 3.54. The monoisotopic (exact) mass is 411 g/mol. The molecule has 1 N–H and O–H groups in total. The molecule has 0 saturated heterocycles. The Morgan fingerprint density at radius 2 is 1.40 bits per heavy atom.